The normalized spacial score (nSPS) is 10.4. The van der Waals surface area contributed by atoms with E-state index in [1.807, 2.05) is 23.1 Å². The molecule has 3 N–H and O–H groups in total. The molecule has 2 rings (SSSR count). The van der Waals surface area contributed by atoms with Gasteiger partial charge in [0, 0.05) is 17.8 Å². The molecule has 0 spiro atoms. The Balaban J connectivity index is 0.00000312. The number of quaternary nitrogens is 1. The topological polar surface area (TPSA) is 50.8 Å². The van der Waals surface area contributed by atoms with Crippen molar-refractivity contribution in [1.29, 1.82) is 0 Å². The van der Waals surface area contributed by atoms with Crippen molar-refractivity contribution in [3.05, 3.63) is 65.7 Å². The Morgan fingerprint density at radius 1 is 1.00 bits per heavy atom. The summed E-state index contributed by atoms with van der Waals surface area (Å²) in [6, 6.07) is 17.3. The van der Waals surface area contributed by atoms with Gasteiger partial charge < -0.3 is 27.9 Å². The van der Waals surface area contributed by atoms with Gasteiger partial charge in [-0.3, -0.25) is 4.79 Å². The molecule has 0 unspecified atom stereocenters. The van der Waals surface area contributed by atoms with E-state index in [-0.39, 0.29) is 18.3 Å². The van der Waals surface area contributed by atoms with E-state index in [2.05, 4.69) is 26.0 Å². The summed E-state index contributed by atoms with van der Waals surface area (Å²) in [6.07, 6.45) is 0. The first kappa shape index (κ1) is 21.0. The smallest absolute Gasteiger partial charge is 0.254 e. The predicted octanol–water partition coefficient (Wildman–Crippen LogP) is -1.16. The minimum Gasteiger partial charge on any atom is -1.00 e. The number of likely N-dealkylation sites (N-methyl/N-ethyl adjacent to an activating group) is 1. The maximum Gasteiger partial charge on any atom is 0.254 e. The summed E-state index contributed by atoms with van der Waals surface area (Å²) in [5, 5.41) is 0. The van der Waals surface area contributed by atoms with Crippen molar-refractivity contribution in [2.45, 2.75) is 20.4 Å². The lowest BCUT2D eigenvalue weighted by Gasteiger charge is -2.25. The van der Waals surface area contributed by atoms with Gasteiger partial charge in [-0.1, -0.05) is 30.3 Å². The number of amides is 1. The summed E-state index contributed by atoms with van der Waals surface area (Å²) in [5.41, 5.74) is 8.25. The third-order valence-electron chi connectivity index (χ3n) is 4.40. The van der Waals surface area contributed by atoms with Crippen molar-refractivity contribution in [3.8, 4) is 0 Å². The molecule has 2 aromatic carbocycles. The summed E-state index contributed by atoms with van der Waals surface area (Å²) in [7, 11) is 0. The number of halogens is 1. The highest BCUT2D eigenvalue weighted by molar-refractivity contribution is 5.94. The van der Waals surface area contributed by atoms with Crippen LogP contribution in [0.3, 0.4) is 0 Å². The van der Waals surface area contributed by atoms with Gasteiger partial charge in [0.25, 0.3) is 5.91 Å². The van der Waals surface area contributed by atoms with Crippen LogP contribution < -0.4 is 23.0 Å². The molecule has 0 atom stereocenters. The Kier molecular flexibility index (Phi) is 9.03. The molecule has 2 aromatic rings. The Hall–Kier alpha value is -2.04. The van der Waals surface area contributed by atoms with Crippen LogP contribution in [0.5, 0.6) is 0 Å². The van der Waals surface area contributed by atoms with Crippen LogP contribution in [0.25, 0.3) is 0 Å². The molecular formula is C20H28ClN3O. The summed E-state index contributed by atoms with van der Waals surface area (Å²) in [6.45, 7) is 8.85. The molecule has 1 amide bonds. The first-order valence-corrected chi connectivity index (χ1v) is 8.66. The molecule has 0 aliphatic heterocycles. The lowest BCUT2D eigenvalue weighted by molar-refractivity contribution is -0.895. The summed E-state index contributed by atoms with van der Waals surface area (Å²) in [5.74, 6) is 0.0606. The van der Waals surface area contributed by atoms with Crippen molar-refractivity contribution in [2.75, 3.05) is 31.9 Å². The number of rotatable bonds is 8. The number of nitrogen functional groups attached to an aromatic ring is 1. The van der Waals surface area contributed by atoms with Gasteiger partial charge in [-0.15, -0.1) is 0 Å². The van der Waals surface area contributed by atoms with Crippen LogP contribution in [0.15, 0.2) is 54.6 Å². The second kappa shape index (κ2) is 10.7. The first-order chi connectivity index (χ1) is 11.6. The zero-order valence-corrected chi connectivity index (χ0v) is 15.8. The van der Waals surface area contributed by atoms with Gasteiger partial charge in [-0.25, -0.2) is 0 Å². The maximum absolute atomic E-state index is 12.9. The average molecular weight is 362 g/mol. The quantitative estimate of drug-likeness (QED) is 0.583. The van der Waals surface area contributed by atoms with Crippen molar-refractivity contribution in [1.82, 2.24) is 4.90 Å². The van der Waals surface area contributed by atoms with Crippen LogP contribution >= 0.6 is 0 Å². The predicted molar refractivity (Wildman–Crippen MR) is 98.9 cm³/mol. The average Bonchev–Trinajstić information content (AvgIpc) is 2.62. The highest BCUT2D eigenvalue weighted by Crippen LogP contribution is 2.11. The largest absolute Gasteiger partial charge is 1.00 e. The summed E-state index contributed by atoms with van der Waals surface area (Å²) < 4.78 is 0. The third-order valence-corrected chi connectivity index (χ3v) is 4.40. The molecule has 0 bridgehead atoms. The molecule has 0 saturated carbocycles. The van der Waals surface area contributed by atoms with Gasteiger partial charge >= 0.3 is 0 Å². The Morgan fingerprint density at radius 3 is 2.16 bits per heavy atom. The second-order valence-electron chi connectivity index (χ2n) is 6.04. The van der Waals surface area contributed by atoms with Crippen molar-refractivity contribution < 1.29 is 22.1 Å². The van der Waals surface area contributed by atoms with Crippen molar-refractivity contribution in [2.24, 2.45) is 0 Å². The highest BCUT2D eigenvalue weighted by Gasteiger charge is 2.18. The molecule has 0 fully saturated rings. The van der Waals surface area contributed by atoms with E-state index in [1.165, 1.54) is 4.90 Å². The monoisotopic (exact) mass is 361 g/mol. The summed E-state index contributed by atoms with van der Waals surface area (Å²) >= 11 is 0. The van der Waals surface area contributed by atoms with E-state index in [0.29, 0.717) is 17.8 Å². The first-order valence-electron chi connectivity index (χ1n) is 8.66. The van der Waals surface area contributed by atoms with E-state index in [9.17, 15) is 4.79 Å². The lowest BCUT2D eigenvalue weighted by atomic mass is 10.1. The Bertz CT molecular complexity index is 627. The van der Waals surface area contributed by atoms with E-state index < -0.39 is 0 Å². The van der Waals surface area contributed by atoms with Gasteiger partial charge in [-0.05, 0) is 43.7 Å². The van der Waals surface area contributed by atoms with Crippen molar-refractivity contribution >= 4 is 11.6 Å². The molecule has 0 heterocycles. The van der Waals surface area contributed by atoms with E-state index in [1.54, 1.807) is 24.3 Å². The lowest BCUT2D eigenvalue weighted by Crippen LogP contribution is -3.12. The van der Waals surface area contributed by atoms with Gasteiger partial charge in [0.15, 0.2) is 0 Å². The minimum atomic E-state index is 0. The Labute approximate surface area is 157 Å². The number of hydrogen-bond donors (Lipinski definition) is 2. The number of nitrogens with two attached hydrogens (primary N) is 1. The molecule has 25 heavy (non-hydrogen) atoms. The fourth-order valence-corrected chi connectivity index (χ4v) is 2.76. The van der Waals surface area contributed by atoms with Crippen LogP contribution in [-0.4, -0.2) is 37.0 Å². The Morgan fingerprint density at radius 2 is 1.60 bits per heavy atom. The third kappa shape index (κ3) is 6.40. The van der Waals surface area contributed by atoms with Crippen LogP contribution in [0.1, 0.15) is 29.8 Å². The molecule has 0 saturated heterocycles. The van der Waals surface area contributed by atoms with E-state index in [0.717, 1.165) is 31.7 Å². The van der Waals surface area contributed by atoms with Gasteiger partial charge in [0.1, 0.15) is 0 Å². The van der Waals surface area contributed by atoms with Crippen LogP contribution in [0.4, 0.5) is 5.69 Å². The van der Waals surface area contributed by atoms with Gasteiger partial charge in [-0.2, -0.15) is 0 Å². The number of carbonyl (C=O) groups excluding carboxylic acids is 1. The van der Waals surface area contributed by atoms with Crippen LogP contribution in [0.2, 0.25) is 0 Å². The summed E-state index contributed by atoms with van der Waals surface area (Å²) in [4.78, 5) is 16.4. The standard InChI is InChI=1S/C20H27N3O.ClH/c1-3-22(4-2)14-15-23(16-17-8-6-5-7-9-17)20(24)18-10-12-19(21)13-11-18;/h5-13H,3-4,14-16,21H2,1-2H3;1H. The molecule has 136 valence electrons. The minimum absolute atomic E-state index is 0. The molecule has 0 aromatic heterocycles. The van der Waals surface area contributed by atoms with Gasteiger partial charge in [0.2, 0.25) is 0 Å². The van der Waals surface area contributed by atoms with E-state index >= 15 is 0 Å². The molecular weight excluding hydrogens is 334 g/mol. The number of benzene rings is 2. The fraction of sp³-hybridized carbons (Fsp3) is 0.350. The molecule has 0 aliphatic rings. The number of nitrogens with one attached hydrogen (secondary N) is 1. The van der Waals surface area contributed by atoms with E-state index in [4.69, 9.17) is 5.73 Å². The second-order valence-corrected chi connectivity index (χ2v) is 6.04. The zero-order valence-electron chi connectivity index (χ0n) is 15.0. The number of hydrogen-bond acceptors (Lipinski definition) is 2. The number of nitrogens with zero attached hydrogens (tertiary/aromatic N) is 1. The molecule has 4 nitrogen and oxygen atoms in total. The van der Waals surface area contributed by atoms with Crippen LogP contribution in [-0.2, 0) is 6.54 Å². The highest BCUT2D eigenvalue weighted by atomic mass is 35.5. The maximum atomic E-state index is 12.9. The SMILES string of the molecule is CC[NH+](CC)CCN(Cc1ccccc1)C(=O)c1ccc(N)cc1.[Cl-]. The number of carbonyl (C=O) groups is 1. The van der Waals surface area contributed by atoms with Crippen molar-refractivity contribution in [3.63, 3.8) is 0 Å². The fourth-order valence-electron chi connectivity index (χ4n) is 2.76. The molecule has 0 radical (unpaired) electrons. The zero-order chi connectivity index (χ0) is 17.4. The molecule has 5 heteroatoms. The number of anilines is 1. The van der Waals surface area contributed by atoms with Gasteiger partial charge in [0.05, 0.1) is 26.2 Å². The molecule has 0 aliphatic carbocycles. The van der Waals surface area contributed by atoms with Crippen LogP contribution in [0, 0.1) is 0 Å².